The molecular formula is C25H30N4O2. The summed E-state index contributed by atoms with van der Waals surface area (Å²) in [5.41, 5.74) is 3.65. The van der Waals surface area contributed by atoms with Crippen molar-refractivity contribution in [2.75, 3.05) is 26.2 Å². The molecule has 6 heteroatoms. The van der Waals surface area contributed by atoms with Crippen LogP contribution in [0.15, 0.2) is 48.8 Å². The minimum Gasteiger partial charge on any atom is -0.487 e. The molecule has 6 nitrogen and oxygen atoms in total. The first kappa shape index (κ1) is 20.1. The van der Waals surface area contributed by atoms with Crippen LogP contribution in [0.25, 0.3) is 5.65 Å². The fraction of sp³-hybridized carbons (Fsp3) is 0.440. The summed E-state index contributed by atoms with van der Waals surface area (Å²) in [6.07, 6.45) is 9.38. The van der Waals surface area contributed by atoms with E-state index in [1.807, 2.05) is 45.8 Å². The van der Waals surface area contributed by atoms with Crippen LogP contribution < -0.4 is 4.74 Å². The maximum absolute atomic E-state index is 13.0. The van der Waals surface area contributed by atoms with Gasteiger partial charge in [-0.2, -0.15) is 0 Å². The molecule has 3 heterocycles. The van der Waals surface area contributed by atoms with Crippen LogP contribution in [-0.4, -0.2) is 57.3 Å². The molecule has 0 spiro atoms. The first-order valence-corrected chi connectivity index (χ1v) is 11.4. The topological polar surface area (TPSA) is 50.1 Å². The number of aromatic nitrogens is 2. The van der Waals surface area contributed by atoms with E-state index in [4.69, 9.17) is 4.74 Å². The smallest absolute Gasteiger partial charge is 0.254 e. The number of hydrogen-bond donors (Lipinski definition) is 0. The highest BCUT2D eigenvalue weighted by Gasteiger charge is 2.28. The quantitative estimate of drug-likeness (QED) is 0.630. The standard InChI is InChI=1S/C25H30N4O2/c1-19-9-10-24-26-21(17-29(24)16-19)18-31-23-8-4-5-20(15-23)25(30)28-13-11-27(12-14-28)22-6-2-3-7-22/h4-5,8-10,15-17,22H,2-3,6-7,11-14,18H2,1H3. The second-order valence-corrected chi connectivity index (χ2v) is 8.79. The molecule has 3 aromatic rings. The van der Waals surface area contributed by atoms with Crippen molar-refractivity contribution < 1.29 is 9.53 Å². The fourth-order valence-corrected chi connectivity index (χ4v) is 4.84. The van der Waals surface area contributed by atoms with Crippen LogP contribution in [0.2, 0.25) is 0 Å². The van der Waals surface area contributed by atoms with Crippen molar-refractivity contribution in [3.05, 3.63) is 65.6 Å². The van der Waals surface area contributed by atoms with Crippen LogP contribution in [0.1, 0.15) is 47.3 Å². The largest absolute Gasteiger partial charge is 0.487 e. The van der Waals surface area contributed by atoms with Crippen molar-refractivity contribution in [1.29, 1.82) is 0 Å². The lowest BCUT2D eigenvalue weighted by Gasteiger charge is -2.38. The van der Waals surface area contributed by atoms with Crippen LogP contribution in [0, 0.1) is 6.92 Å². The Labute approximate surface area is 183 Å². The van der Waals surface area contributed by atoms with Gasteiger partial charge >= 0.3 is 0 Å². The fourth-order valence-electron chi connectivity index (χ4n) is 4.84. The van der Waals surface area contributed by atoms with Gasteiger partial charge in [-0.05, 0) is 49.6 Å². The van der Waals surface area contributed by atoms with E-state index in [2.05, 4.69) is 29.1 Å². The Hall–Kier alpha value is -2.86. The Morgan fingerprint density at radius 3 is 2.68 bits per heavy atom. The highest BCUT2D eigenvalue weighted by Crippen LogP contribution is 2.25. The molecular weight excluding hydrogens is 388 g/mol. The summed E-state index contributed by atoms with van der Waals surface area (Å²) in [6, 6.07) is 12.3. The van der Waals surface area contributed by atoms with Gasteiger partial charge < -0.3 is 14.0 Å². The van der Waals surface area contributed by atoms with E-state index >= 15 is 0 Å². The number of carbonyl (C=O) groups is 1. The zero-order chi connectivity index (χ0) is 21.2. The number of benzene rings is 1. The third-order valence-electron chi connectivity index (χ3n) is 6.56. The Morgan fingerprint density at radius 1 is 1.06 bits per heavy atom. The van der Waals surface area contributed by atoms with Crippen LogP contribution in [0.5, 0.6) is 5.75 Å². The summed E-state index contributed by atoms with van der Waals surface area (Å²) in [5, 5.41) is 0. The normalized spacial score (nSPS) is 18.0. The predicted octanol–water partition coefficient (Wildman–Crippen LogP) is 3.92. The minimum absolute atomic E-state index is 0.0970. The molecule has 1 aliphatic carbocycles. The molecule has 2 fully saturated rings. The number of carbonyl (C=O) groups excluding carboxylic acids is 1. The number of imidazole rings is 1. The molecule has 1 aromatic carbocycles. The number of ether oxygens (including phenoxy) is 1. The van der Waals surface area contributed by atoms with Crippen molar-refractivity contribution in [3.63, 3.8) is 0 Å². The van der Waals surface area contributed by atoms with Gasteiger partial charge in [0.1, 0.15) is 18.0 Å². The Kier molecular flexibility index (Phi) is 5.64. The Bertz CT molecular complexity index is 1060. The molecule has 0 bridgehead atoms. The first-order chi connectivity index (χ1) is 15.2. The average molecular weight is 419 g/mol. The molecule has 2 aliphatic rings. The molecule has 1 saturated heterocycles. The maximum Gasteiger partial charge on any atom is 0.254 e. The van der Waals surface area contributed by atoms with E-state index in [1.165, 1.54) is 31.2 Å². The molecule has 0 unspecified atom stereocenters. The molecule has 2 aromatic heterocycles. The number of piperazine rings is 1. The highest BCUT2D eigenvalue weighted by atomic mass is 16.5. The van der Waals surface area contributed by atoms with Gasteiger partial charge in [-0.15, -0.1) is 0 Å². The van der Waals surface area contributed by atoms with Crippen molar-refractivity contribution in [2.45, 2.75) is 45.3 Å². The number of pyridine rings is 1. The SMILES string of the molecule is Cc1ccc2nc(COc3cccc(C(=O)N4CCN(C5CCCC5)CC4)c3)cn2c1. The monoisotopic (exact) mass is 418 g/mol. The molecule has 1 aliphatic heterocycles. The van der Waals surface area contributed by atoms with Gasteiger partial charge in [0, 0.05) is 50.2 Å². The van der Waals surface area contributed by atoms with Crippen molar-refractivity contribution in [2.24, 2.45) is 0 Å². The van der Waals surface area contributed by atoms with Gasteiger partial charge in [0.2, 0.25) is 0 Å². The summed E-state index contributed by atoms with van der Waals surface area (Å²) in [6.45, 7) is 6.02. The number of amides is 1. The third kappa shape index (κ3) is 4.44. The van der Waals surface area contributed by atoms with E-state index in [-0.39, 0.29) is 5.91 Å². The molecule has 162 valence electrons. The van der Waals surface area contributed by atoms with E-state index < -0.39 is 0 Å². The van der Waals surface area contributed by atoms with Gasteiger partial charge in [-0.1, -0.05) is 25.0 Å². The van der Waals surface area contributed by atoms with Gasteiger partial charge in [0.15, 0.2) is 0 Å². The van der Waals surface area contributed by atoms with Gasteiger partial charge in [-0.3, -0.25) is 9.69 Å². The Balaban J connectivity index is 1.20. The van der Waals surface area contributed by atoms with Crippen LogP contribution in [0.4, 0.5) is 0 Å². The summed E-state index contributed by atoms with van der Waals surface area (Å²) in [7, 11) is 0. The van der Waals surface area contributed by atoms with Crippen LogP contribution in [0.3, 0.4) is 0 Å². The molecule has 1 amide bonds. The van der Waals surface area contributed by atoms with Crippen LogP contribution >= 0.6 is 0 Å². The van der Waals surface area contributed by atoms with Crippen LogP contribution in [-0.2, 0) is 6.61 Å². The number of aryl methyl sites for hydroxylation is 1. The van der Waals surface area contributed by atoms with Gasteiger partial charge in [0.25, 0.3) is 5.91 Å². The number of rotatable bonds is 5. The lowest BCUT2D eigenvalue weighted by atomic mass is 10.1. The van der Waals surface area contributed by atoms with Crippen molar-refractivity contribution in [3.8, 4) is 5.75 Å². The lowest BCUT2D eigenvalue weighted by Crippen LogP contribution is -2.51. The number of nitrogens with zero attached hydrogens (tertiary/aromatic N) is 4. The predicted molar refractivity (Wildman–Crippen MR) is 120 cm³/mol. The second kappa shape index (κ2) is 8.71. The van der Waals surface area contributed by atoms with Gasteiger partial charge in [0.05, 0.1) is 5.69 Å². The van der Waals surface area contributed by atoms with Gasteiger partial charge in [-0.25, -0.2) is 4.98 Å². The molecule has 5 rings (SSSR count). The molecule has 0 radical (unpaired) electrons. The van der Waals surface area contributed by atoms with E-state index in [0.29, 0.717) is 17.9 Å². The molecule has 0 N–H and O–H groups in total. The number of hydrogen-bond acceptors (Lipinski definition) is 4. The summed E-state index contributed by atoms with van der Waals surface area (Å²) in [5.74, 6) is 0.795. The Morgan fingerprint density at radius 2 is 1.87 bits per heavy atom. The minimum atomic E-state index is 0.0970. The zero-order valence-electron chi connectivity index (χ0n) is 18.2. The molecule has 0 atom stereocenters. The summed E-state index contributed by atoms with van der Waals surface area (Å²) in [4.78, 5) is 22.2. The summed E-state index contributed by atoms with van der Waals surface area (Å²) < 4.78 is 7.97. The third-order valence-corrected chi connectivity index (χ3v) is 6.56. The lowest BCUT2D eigenvalue weighted by molar-refractivity contribution is 0.0573. The average Bonchev–Trinajstić information content (AvgIpc) is 3.47. The van der Waals surface area contributed by atoms with E-state index in [0.717, 1.165) is 43.6 Å². The summed E-state index contributed by atoms with van der Waals surface area (Å²) >= 11 is 0. The van der Waals surface area contributed by atoms with Crippen molar-refractivity contribution >= 4 is 11.6 Å². The first-order valence-electron chi connectivity index (χ1n) is 11.4. The van der Waals surface area contributed by atoms with Crippen molar-refractivity contribution in [1.82, 2.24) is 19.2 Å². The molecule has 31 heavy (non-hydrogen) atoms. The zero-order valence-corrected chi connectivity index (χ0v) is 18.2. The van der Waals surface area contributed by atoms with E-state index in [9.17, 15) is 4.79 Å². The molecule has 1 saturated carbocycles. The van der Waals surface area contributed by atoms with E-state index in [1.54, 1.807) is 0 Å². The highest BCUT2D eigenvalue weighted by molar-refractivity contribution is 5.94. The second-order valence-electron chi connectivity index (χ2n) is 8.79. The number of fused-ring (bicyclic) bond motifs is 1. The maximum atomic E-state index is 13.0.